The molecule has 1 aliphatic heterocycles. The minimum atomic E-state index is -0.282. The molecule has 0 bridgehead atoms. The molecule has 0 amide bonds. The van der Waals surface area contributed by atoms with Crippen molar-refractivity contribution in [2.45, 2.75) is 13.8 Å². The number of hydrogen-bond acceptors (Lipinski definition) is 3. The summed E-state index contributed by atoms with van der Waals surface area (Å²) in [5.41, 5.74) is 2.09. The molecule has 0 atom stereocenters. The fourth-order valence-electron chi connectivity index (χ4n) is 2.10. The fraction of sp³-hybridized carbons (Fsp3) is 0.357. The highest BCUT2D eigenvalue weighted by molar-refractivity contribution is 6.61. The summed E-state index contributed by atoms with van der Waals surface area (Å²) in [4.78, 5) is 4.43. The predicted octanol–water partition coefficient (Wildman–Crippen LogP) is 2.00. The van der Waals surface area contributed by atoms with Gasteiger partial charge in [-0.05, 0) is 11.5 Å². The molecule has 1 aromatic carbocycles. The van der Waals surface area contributed by atoms with E-state index in [0.29, 0.717) is 13.2 Å². The van der Waals surface area contributed by atoms with Gasteiger partial charge in [-0.3, -0.25) is 4.98 Å². The van der Waals surface area contributed by atoms with Crippen LogP contribution in [0.5, 0.6) is 0 Å². The molecule has 1 fully saturated rings. The predicted molar refractivity (Wildman–Crippen MR) is 72.8 cm³/mol. The molecule has 2 heterocycles. The average Bonchev–Trinajstić information content (AvgIpc) is 2.38. The summed E-state index contributed by atoms with van der Waals surface area (Å²) in [6.07, 6.45) is 1.84. The van der Waals surface area contributed by atoms with Crippen LogP contribution in [0, 0.1) is 5.41 Å². The van der Waals surface area contributed by atoms with Crippen molar-refractivity contribution in [2.75, 3.05) is 13.2 Å². The lowest BCUT2D eigenvalue weighted by Gasteiger charge is -2.33. The van der Waals surface area contributed by atoms with E-state index in [9.17, 15) is 0 Å². The smallest absolute Gasteiger partial charge is 0.407 e. The quantitative estimate of drug-likeness (QED) is 0.715. The van der Waals surface area contributed by atoms with Crippen molar-refractivity contribution in [3.8, 4) is 0 Å². The first-order chi connectivity index (χ1) is 8.64. The van der Waals surface area contributed by atoms with Crippen LogP contribution in [0.2, 0.25) is 0 Å². The summed E-state index contributed by atoms with van der Waals surface area (Å²) in [7, 11) is -0.282. The van der Waals surface area contributed by atoms with Crippen molar-refractivity contribution in [1.29, 1.82) is 0 Å². The number of benzene rings is 1. The van der Waals surface area contributed by atoms with E-state index in [0.717, 1.165) is 16.4 Å². The number of fused-ring (bicyclic) bond motifs is 1. The minimum Gasteiger partial charge on any atom is -0.407 e. The Morgan fingerprint density at radius 2 is 1.89 bits per heavy atom. The molecule has 2 aromatic rings. The highest BCUT2D eigenvalue weighted by Crippen LogP contribution is 2.21. The molecule has 3 nitrogen and oxygen atoms in total. The van der Waals surface area contributed by atoms with Crippen LogP contribution in [0.3, 0.4) is 0 Å². The van der Waals surface area contributed by atoms with E-state index in [-0.39, 0.29) is 12.5 Å². The number of rotatable bonds is 1. The van der Waals surface area contributed by atoms with E-state index >= 15 is 0 Å². The third kappa shape index (κ3) is 2.26. The molecule has 0 spiro atoms. The molecule has 3 rings (SSSR count). The number of hydrogen-bond donors (Lipinski definition) is 0. The zero-order valence-electron chi connectivity index (χ0n) is 10.7. The van der Waals surface area contributed by atoms with Gasteiger partial charge in [0.2, 0.25) is 0 Å². The highest BCUT2D eigenvalue weighted by Gasteiger charge is 2.33. The summed E-state index contributed by atoms with van der Waals surface area (Å²) < 4.78 is 11.5. The van der Waals surface area contributed by atoms with Gasteiger partial charge in [-0.15, -0.1) is 0 Å². The first-order valence-electron chi connectivity index (χ1n) is 6.22. The lowest BCUT2D eigenvalue weighted by molar-refractivity contribution is 0.0343. The van der Waals surface area contributed by atoms with E-state index in [1.54, 1.807) is 0 Å². The van der Waals surface area contributed by atoms with Crippen LogP contribution in [0.15, 0.2) is 36.5 Å². The molecule has 0 radical (unpaired) electrons. The number of pyridine rings is 1. The average molecular weight is 241 g/mol. The van der Waals surface area contributed by atoms with E-state index in [4.69, 9.17) is 9.31 Å². The Labute approximate surface area is 107 Å². The van der Waals surface area contributed by atoms with Gasteiger partial charge in [0, 0.05) is 30.3 Å². The van der Waals surface area contributed by atoms with Gasteiger partial charge in [0.15, 0.2) is 0 Å². The van der Waals surface area contributed by atoms with E-state index in [1.807, 2.05) is 24.4 Å². The lowest BCUT2D eigenvalue weighted by Crippen LogP contribution is -2.47. The zero-order chi connectivity index (χ0) is 12.6. The van der Waals surface area contributed by atoms with Gasteiger partial charge in [0.05, 0.1) is 5.52 Å². The zero-order valence-corrected chi connectivity index (χ0v) is 10.7. The van der Waals surface area contributed by atoms with Crippen molar-refractivity contribution in [3.05, 3.63) is 36.5 Å². The Morgan fingerprint density at radius 1 is 1.17 bits per heavy atom. The van der Waals surface area contributed by atoms with Crippen LogP contribution in [0.1, 0.15) is 13.8 Å². The summed E-state index contributed by atoms with van der Waals surface area (Å²) in [6, 6.07) is 10.2. The maximum Gasteiger partial charge on any atom is 0.495 e. The Morgan fingerprint density at radius 3 is 2.67 bits per heavy atom. The van der Waals surface area contributed by atoms with Crippen molar-refractivity contribution >= 4 is 23.5 Å². The number of nitrogens with zero attached hydrogens (tertiary/aromatic N) is 1. The molecule has 92 valence electrons. The van der Waals surface area contributed by atoms with Crippen LogP contribution in [-0.2, 0) is 9.31 Å². The minimum absolute atomic E-state index is 0.0980. The van der Waals surface area contributed by atoms with Gasteiger partial charge in [-0.1, -0.05) is 38.1 Å². The van der Waals surface area contributed by atoms with Gasteiger partial charge in [-0.25, -0.2) is 0 Å². The summed E-state index contributed by atoms with van der Waals surface area (Å²) >= 11 is 0. The molecule has 0 N–H and O–H groups in total. The maximum absolute atomic E-state index is 5.77. The molecule has 1 aromatic heterocycles. The second-order valence-corrected chi connectivity index (χ2v) is 5.58. The molecule has 1 aliphatic rings. The van der Waals surface area contributed by atoms with Crippen molar-refractivity contribution in [2.24, 2.45) is 5.41 Å². The molecular weight excluding hydrogens is 225 g/mol. The number of para-hydroxylation sites is 1. The summed E-state index contributed by atoms with van der Waals surface area (Å²) in [6.45, 7) is 5.71. The van der Waals surface area contributed by atoms with Crippen molar-refractivity contribution in [3.63, 3.8) is 0 Å². The first kappa shape index (κ1) is 11.7. The van der Waals surface area contributed by atoms with Crippen molar-refractivity contribution < 1.29 is 9.31 Å². The van der Waals surface area contributed by atoms with Gasteiger partial charge in [-0.2, -0.15) is 0 Å². The largest absolute Gasteiger partial charge is 0.495 e. The molecule has 1 saturated heterocycles. The van der Waals surface area contributed by atoms with E-state index in [1.165, 1.54) is 0 Å². The molecule has 0 aliphatic carbocycles. The third-order valence-corrected chi connectivity index (χ3v) is 3.13. The van der Waals surface area contributed by atoms with Gasteiger partial charge >= 0.3 is 7.12 Å². The fourth-order valence-corrected chi connectivity index (χ4v) is 2.10. The van der Waals surface area contributed by atoms with Gasteiger partial charge in [0.25, 0.3) is 0 Å². The molecular formula is C14H16BNO2. The second kappa shape index (κ2) is 4.37. The SMILES string of the molecule is CC1(C)COB(c2cnc3ccccc3c2)OC1. The Bertz CT molecular complexity index is 560. The number of aromatic nitrogens is 1. The topological polar surface area (TPSA) is 31.4 Å². The highest BCUT2D eigenvalue weighted by atomic mass is 16.6. The van der Waals surface area contributed by atoms with Crippen LogP contribution in [0.25, 0.3) is 10.9 Å². The van der Waals surface area contributed by atoms with E-state index < -0.39 is 0 Å². The first-order valence-corrected chi connectivity index (χ1v) is 6.22. The normalized spacial score (nSPS) is 19.1. The summed E-state index contributed by atoms with van der Waals surface area (Å²) in [5.74, 6) is 0. The van der Waals surface area contributed by atoms with Crippen LogP contribution < -0.4 is 5.46 Å². The van der Waals surface area contributed by atoms with Crippen LogP contribution >= 0.6 is 0 Å². The molecule has 18 heavy (non-hydrogen) atoms. The molecule has 0 unspecified atom stereocenters. The van der Waals surface area contributed by atoms with E-state index in [2.05, 4.69) is 31.0 Å². The van der Waals surface area contributed by atoms with Crippen molar-refractivity contribution in [1.82, 2.24) is 4.98 Å². The Hall–Kier alpha value is -1.39. The monoisotopic (exact) mass is 241 g/mol. The standard InChI is InChI=1S/C14H16BNO2/c1-14(2)9-17-15(18-10-14)12-7-11-5-3-4-6-13(11)16-8-12/h3-8H,9-10H2,1-2H3. The summed E-state index contributed by atoms with van der Waals surface area (Å²) in [5, 5.41) is 1.12. The molecule has 4 heteroatoms. The van der Waals surface area contributed by atoms with Gasteiger partial charge < -0.3 is 9.31 Å². The molecule has 0 saturated carbocycles. The lowest BCUT2D eigenvalue weighted by atomic mass is 9.76. The maximum atomic E-state index is 5.77. The third-order valence-electron chi connectivity index (χ3n) is 3.13. The second-order valence-electron chi connectivity index (χ2n) is 5.58. The van der Waals surface area contributed by atoms with Crippen LogP contribution in [-0.4, -0.2) is 25.3 Å². The Balaban J connectivity index is 1.87. The van der Waals surface area contributed by atoms with Crippen LogP contribution in [0.4, 0.5) is 0 Å². The Kier molecular flexibility index (Phi) is 2.84. The van der Waals surface area contributed by atoms with Gasteiger partial charge in [0.1, 0.15) is 0 Å².